The Hall–Kier alpha value is -1.26. The van der Waals surface area contributed by atoms with Crippen molar-refractivity contribution in [2.24, 2.45) is 0 Å². The minimum absolute atomic E-state index is 0.269. The van der Waals surface area contributed by atoms with Crippen LogP contribution in [0.5, 0.6) is 0 Å². The lowest BCUT2D eigenvalue weighted by molar-refractivity contribution is -0.138. The van der Waals surface area contributed by atoms with Crippen LogP contribution in [-0.2, 0) is 4.79 Å². The second-order valence-corrected chi connectivity index (χ2v) is 4.06. The lowest BCUT2D eigenvalue weighted by atomic mass is 10.2. The average Bonchev–Trinajstić information content (AvgIpc) is 2.68. The molecule has 1 fully saturated rings. The lowest BCUT2D eigenvalue weighted by Gasteiger charge is -2.25. The Bertz CT molecular complexity index is 249. The molecule has 0 bridgehead atoms. The third-order valence-electron chi connectivity index (χ3n) is 2.90. The highest BCUT2D eigenvalue weighted by atomic mass is 16.4. The molecule has 2 amide bonds. The van der Waals surface area contributed by atoms with Crippen LogP contribution in [0, 0.1) is 0 Å². The van der Waals surface area contributed by atoms with Crippen molar-refractivity contribution in [1.82, 2.24) is 10.2 Å². The summed E-state index contributed by atoms with van der Waals surface area (Å²) in [6, 6.07) is -0.857. The average molecular weight is 214 g/mol. The smallest absolute Gasteiger partial charge is 0.325 e. The molecule has 0 aromatic heterocycles. The fourth-order valence-corrected chi connectivity index (χ4v) is 1.81. The van der Waals surface area contributed by atoms with Gasteiger partial charge in [0.2, 0.25) is 0 Å². The number of nitrogens with one attached hydrogen (secondary N) is 1. The van der Waals surface area contributed by atoms with Crippen molar-refractivity contribution in [3.05, 3.63) is 0 Å². The van der Waals surface area contributed by atoms with Gasteiger partial charge in [0.1, 0.15) is 6.04 Å². The highest BCUT2D eigenvalue weighted by Crippen LogP contribution is 2.22. The Balaban J connectivity index is 2.41. The van der Waals surface area contributed by atoms with Gasteiger partial charge in [0.15, 0.2) is 0 Å². The Labute approximate surface area is 89.4 Å². The molecule has 2 N–H and O–H groups in total. The monoisotopic (exact) mass is 214 g/mol. The lowest BCUT2D eigenvalue weighted by Crippen LogP contribution is -2.48. The van der Waals surface area contributed by atoms with E-state index in [2.05, 4.69) is 5.32 Å². The van der Waals surface area contributed by atoms with Crippen LogP contribution in [-0.4, -0.2) is 41.1 Å². The third kappa shape index (κ3) is 3.11. The van der Waals surface area contributed by atoms with Crippen molar-refractivity contribution in [1.29, 1.82) is 0 Å². The highest BCUT2D eigenvalue weighted by Gasteiger charge is 2.25. The molecule has 0 heterocycles. The summed E-state index contributed by atoms with van der Waals surface area (Å²) >= 11 is 0. The predicted octanol–water partition coefficient (Wildman–Crippen LogP) is 1.04. The quantitative estimate of drug-likeness (QED) is 0.737. The maximum absolute atomic E-state index is 11.6. The number of carboxylic acids is 1. The number of urea groups is 1. The molecule has 15 heavy (non-hydrogen) atoms. The molecule has 1 aliphatic rings. The van der Waals surface area contributed by atoms with Crippen LogP contribution in [0.15, 0.2) is 0 Å². The van der Waals surface area contributed by atoms with E-state index >= 15 is 0 Å². The number of carbonyl (C=O) groups excluding carboxylic acids is 1. The summed E-state index contributed by atoms with van der Waals surface area (Å²) in [6.45, 7) is 1.46. The van der Waals surface area contributed by atoms with Crippen LogP contribution >= 0.6 is 0 Å². The summed E-state index contributed by atoms with van der Waals surface area (Å²) in [5.41, 5.74) is 0. The first-order chi connectivity index (χ1) is 7.02. The number of hydrogen-bond donors (Lipinski definition) is 2. The van der Waals surface area contributed by atoms with E-state index < -0.39 is 12.0 Å². The van der Waals surface area contributed by atoms with Crippen LogP contribution in [0.3, 0.4) is 0 Å². The number of nitrogens with zero attached hydrogens (tertiary/aromatic N) is 1. The molecule has 1 saturated carbocycles. The molecule has 0 spiro atoms. The summed E-state index contributed by atoms with van der Waals surface area (Å²) in [6.07, 6.45) is 4.34. The van der Waals surface area contributed by atoms with Crippen molar-refractivity contribution < 1.29 is 14.7 Å². The van der Waals surface area contributed by atoms with Crippen LogP contribution in [0.1, 0.15) is 32.6 Å². The Morgan fingerprint density at radius 2 is 1.93 bits per heavy atom. The normalized spacial score (nSPS) is 18.5. The largest absolute Gasteiger partial charge is 0.480 e. The molecule has 0 unspecified atom stereocenters. The SMILES string of the molecule is C[C@@H](NC(=O)N(C)C1CCCC1)C(=O)O. The number of aliphatic carboxylic acids is 1. The first-order valence-electron chi connectivity index (χ1n) is 5.28. The van der Waals surface area contributed by atoms with E-state index in [9.17, 15) is 9.59 Å². The van der Waals surface area contributed by atoms with Crippen LogP contribution < -0.4 is 5.32 Å². The molecular weight excluding hydrogens is 196 g/mol. The second kappa shape index (κ2) is 5.00. The van der Waals surface area contributed by atoms with E-state index in [0.29, 0.717) is 0 Å². The van der Waals surface area contributed by atoms with E-state index in [1.54, 1.807) is 11.9 Å². The molecule has 0 aliphatic heterocycles. The molecule has 0 saturated heterocycles. The van der Waals surface area contributed by atoms with E-state index in [4.69, 9.17) is 5.11 Å². The minimum Gasteiger partial charge on any atom is -0.480 e. The van der Waals surface area contributed by atoms with Gasteiger partial charge < -0.3 is 15.3 Å². The first kappa shape index (κ1) is 11.8. The van der Waals surface area contributed by atoms with Crippen molar-refractivity contribution in [3.63, 3.8) is 0 Å². The van der Waals surface area contributed by atoms with Gasteiger partial charge in [-0.3, -0.25) is 4.79 Å². The van der Waals surface area contributed by atoms with Crippen molar-refractivity contribution >= 4 is 12.0 Å². The van der Waals surface area contributed by atoms with Gasteiger partial charge in [0, 0.05) is 13.1 Å². The predicted molar refractivity (Wildman–Crippen MR) is 55.6 cm³/mol. The molecular formula is C10H18N2O3. The Kier molecular flexibility index (Phi) is 3.94. The fourth-order valence-electron chi connectivity index (χ4n) is 1.81. The number of hydrogen-bond acceptors (Lipinski definition) is 2. The zero-order valence-corrected chi connectivity index (χ0v) is 9.19. The van der Waals surface area contributed by atoms with E-state index in [1.807, 2.05) is 0 Å². The van der Waals surface area contributed by atoms with Gasteiger partial charge in [-0.05, 0) is 19.8 Å². The van der Waals surface area contributed by atoms with Crippen LogP contribution in [0.4, 0.5) is 4.79 Å². The Morgan fingerprint density at radius 1 is 1.40 bits per heavy atom. The second-order valence-electron chi connectivity index (χ2n) is 4.06. The maximum atomic E-state index is 11.6. The molecule has 1 rings (SSSR count). The summed E-state index contributed by atoms with van der Waals surface area (Å²) in [5, 5.41) is 11.1. The minimum atomic E-state index is -1.01. The molecule has 86 valence electrons. The summed E-state index contributed by atoms with van der Waals surface area (Å²) in [4.78, 5) is 23.8. The van der Waals surface area contributed by atoms with Gasteiger partial charge in [0.05, 0.1) is 0 Å². The Morgan fingerprint density at radius 3 is 2.40 bits per heavy atom. The van der Waals surface area contributed by atoms with Gasteiger partial charge in [0.25, 0.3) is 0 Å². The fraction of sp³-hybridized carbons (Fsp3) is 0.800. The van der Waals surface area contributed by atoms with E-state index in [-0.39, 0.29) is 12.1 Å². The first-order valence-corrected chi connectivity index (χ1v) is 5.28. The van der Waals surface area contributed by atoms with E-state index in [0.717, 1.165) is 25.7 Å². The molecule has 0 aromatic rings. The molecule has 1 aliphatic carbocycles. The zero-order valence-electron chi connectivity index (χ0n) is 9.19. The summed E-state index contributed by atoms with van der Waals surface area (Å²) in [7, 11) is 1.72. The number of amides is 2. The van der Waals surface area contributed by atoms with Crippen molar-refractivity contribution in [2.75, 3.05) is 7.05 Å². The van der Waals surface area contributed by atoms with Gasteiger partial charge >= 0.3 is 12.0 Å². The van der Waals surface area contributed by atoms with Gasteiger partial charge in [-0.1, -0.05) is 12.8 Å². The highest BCUT2D eigenvalue weighted by molar-refractivity contribution is 5.82. The number of carbonyl (C=O) groups is 2. The van der Waals surface area contributed by atoms with Crippen molar-refractivity contribution in [3.8, 4) is 0 Å². The number of carboxylic acid groups (broad SMARTS) is 1. The van der Waals surface area contributed by atoms with Gasteiger partial charge in [-0.2, -0.15) is 0 Å². The standard InChI is InChI=1S/C10H18N2O3/c1-7(9(13)14)11-10(15)12(2)8-5-3-4-6-8/h7-8H,3-6H2,1-2H3,(H,11,15)(H,13,14)/t7-/m1/s1. The van der Waals surface area contributed by atoms with Crippen LogP contribution in [0.2, 0.25) is 0 Å². The van der Waals surface area contributed by atoms with E-state index in [1.165, 1.54) is 6.92 Å². The maximum Gasteiger partial charge on any atom is 0.325 e. The van der Waals surface area contributed by atoms with Gasteiger partial charge in [-0.15, -0.1) is 0 Å². The molecule has 5 heteroatoms. The van der Waals surface area contributed by atoms with Gasteiger partial charge in [-0.25, -0.2) is 4.79 Å². The molecule has 5 nitrogen and oxygen atoms in total. The summed E-state index contributed by atoms with van der Waals surface area (Å²) < 4.78 is 0. The van der Waals surface area contributed by atoms with Crippen molar-refractivity contribution in [2.45, 2.75) is 44.7 Å². The molecule has 1 atom stereocenters. The topological polar surface area (TPSA) is 69.6 Å². The molecule has 0 aromatic carbocycles. The van der Waals surface area contributed by atoms with Crippen LogP contribution in [0.25, 0.3) is 0 Å². The number of rotatable bonds is 3. The summed E-state index contributed by atoms with van der Waals surface area (Å²) in [5.74, 6) is -1.01. The third-order valence-corrected chi connectivity index (χ3v) is 2.90. The zero-order chi connectivity index (χ0) is 11.4. The molecule has 0 radical (unpaired) electrons.